The summed E-state index contributed by atoms with van der Waals surface area (Å²) in [5.41, 5.74) is 8.12. The van der Waals surface area contributed by atoms with Crippen LogP contribution in [0.25, 0.3) is 16.5 Å². The van der Waals surface area contributed by atoms with Crippen LogP contribution in [0.5, 0.6) is 0 Å². The van der Waals surface area contributed by atoms with E-state index in [0.29, 0.717) is 16.8 Å². The van der Waals surface area contributed by atoms with E-state index in [0.717, 1.165) is 75.4 Å². The maximum Gasteiger partial charge on any atom is 0.217 e. The molecule has 1 N–H and O–H groups in total. The lowest BCUT2D eigenvalue weighted by molar-refractivity contribution is -0.111. The number of aromatic amines is 1. The highest BCUT2D eigenvalue weighted by molar-refractivity contribution is 5.93. The number of allylic oxidation sites excluding steroid dienone is 1. The molecule has 1 fully saturated rings. The summed E-state index contributed by atoms with van der Waals surface area (Å²) < 4.78 is 14.7. The van der Waals surface area contributed by atoms with E-state index in [1.54, 1.807) is 0 Å². The molecule has 0 unspecified atom stereocenters. The van der Waals surface area contributed by atoms with Crippen molar-refractivity contribution in [2.75, 3.05) is 18.0 Å². The SMILES string of the molecule is CC(C)CCC1=C(c2ccc(N3CCC(C=O)CC3)cc2)c2ccc3n[nH]c(F)c3c2CCC1. The zero-order chi connectivity index (χ0) is 23.7. The van der Waals surface area contributed by atoms with Crippen LogP contribution >= 0.6 is 0 Å². The lowest BCUT2D eigenvalue weighted by atomic mass is 9.87. The second-order valence-corrected chi connectivity index (χ2v) is 10.3. The molecule has 1 aromatic heterocycles. The summed E-state index contributed by atoms with van der Waals surface area (Å²) in [6.45, 7) is 6.40. The van der Waals surface area contributed by atoms with E-state index in [1.807, 2.05) is 6.07 Å². The Morgan fingerprint density at radius 3 is 2.59 bits per heavy atom. The molecule has 0 saturated carbocycles. The van der Waals surface area contributed by atoms with Gasteiger partial charge in [-0.15, -0.1) is 0 Å². The van der Waals surface area contributed by atoms with Gasteiger partial charge in [0, 0.05) is 24.7 Å². The molecule has 1 aliphatic heterocycles. The number of nitrogens with one attached hydrogen (secondary N) is 1. The third-order valence-corrected chi connectivity index (χ3v) is 7.59. The summed E-state index contributed by atoms with van der Waals surface area (Å²) in [6, 6.07) is 13.0. The number of aldehydes is 1. The van der Waals surface area contributed by atoms with Crippen molar-refractivity contribution < 1.29 is 9.18 Å². The van der Waals surface area contributed by atoms with E-state index in [4.69, 9.17) is 0 Å². The molecule has 3 aromatic rings. The minimum atomic E-state index is -0.328. The fourth-order valence-corrected chi connectivity index (χ4v) is 5.63. The summed E-state index contributed by atoms with van der Waals surface area (Å²) in [7, 11) is 0. The average molecular weight is 460 g/mol. The van der Waals surface area contributed by atoms with Gasteiger partial charge in [0.1, 0.15) is 6.29 Å². The number of benzene rings is 2. The van der Waals surface area contributed by atoms with Crippen LogP contribution in [-0.4, -0.2) is 29.6 Å². The highest BCUT2D eigenvalue weighted by Crippen LogP contribution is 2.40. The minimum absolute atomic E-state index is 0.201. The van der Waals surface area contributed by atoms with Gasteiger partial charge in [0.05, 0.1) is 10.9 Å². The Morgan fingerprint density at radius 1 is 1.12 bits per heavy atom. The Labute approximate surface area is 201 Å². The highest BCUT2D eigenvalue weighted by atomic mass is 19.1. The van der Waals surface area contributed by atoms with Crippen LogP contribution in [0.4, 0.5) is 10.1 Å². The van der Waals surface area contributed by atoms with E-state index in [2.05, 4.69) is 59.3 Å². The zero-order valence-corrected chi connectivity index (χ0v) is 20.2. The van der Waals surface area contributed by atoms with Gasteiger partial charge >= 0.3 is 0 Å². The molecule has 1 saturated heterocycles. The normalized spacial score (nSPS) is 17.4. The van der Waals surface area contributed by atoms with Crippen LogP contribution in [0.2, 0.25) is 0 Å². The van der Waals surface area contributed by atoms with E-state index in [1.165, 1.54) is 22.4 Å². The second kappa shape index (κ2) is 9.73. The van der Waals surface area contributed by atoms with Crippen molar-refractivity contribution in [3.05, 3.63) is 64.6 Å². The van der Waals surface area contributed by atoms with Gasteiger partial charge in [0.2, 0.25) is 5.95 Å². The average Bonchev–Trinajstić information content (AvgIpc) is 3.13. The second-order valence-electron chi connectivity index (χ2n) is 10.3. The fourth-order valence-electron chi connectivity index (χ4n) is 5.63. The Kier molecular flexibility index (Phi) is 6.53. The lowest BCUT2D eigenvalue weighted by Crippen LogP contribution is -2.34. The van der Waals surface area contributed by atoms with Gasteiger partial charge in [-0.1, -0.05) is 37.6 Å². The summed E-state index contributed by atoms with van der Waals surface area (Å²) in [5, 5.41) is 7.36. The van der Waals surface area contributed by atoms with E-state index >= 15 is 0 Å². The molecule has 0 atom stereocenters. The Morgan fingerprint density at radius 2 is 1.88 bits per heavy atom. The van der Waals surface area contributed by atoms with Crippen molar-refractivity contribution >= 4 is 28.4 Å². The topological polar surface area (TPSA) is 49.0 Å². The van der Waals surface area contributed by atoms with Crippen molar-refractivity contribution in [1.29, 1.82) is 0 Å². The molecule has 1 aliphatic carbocycles. The van der Waals surface area contributed by atoms with Crippen LogP contribution in [0.15, 0.2) is 42.0 Å². The number of anilines is 1. The van der Waals surface area contributed by atoms with Crippen molar-refractivity contribution in [3.8, 4) is 0 Å². The molecular formula is C29H34FN3O. The number of hydrogen-bond donors (Lipinski definition) is 1. The number of nitrogens with zero attached hydrogens (tertiary/aromatic N) is 2. The third-order valence-electron chi connectivity index (χ3n) is 7.59. The number of carbonyl (C=O) groups is 1. The summed E-state index contributed by atoms with van der Waals surface area (Å²) in [4.78, 5) is 13.5. The predicted molar refractivity (Wildman–Crippen MR) is 137 cm³/mol. The molecule has 0 spiro atoms. The lowest BCUT2D eigenvalue weighted by Gasteiger charge is -2.31. The number of halogens is 1. The minimum Gasteiger partial charge on any atom is -0.371 e. The summed E-state index contributed by atoms with van der Waals surface area (Å²) in [6.07, 6.45) is 8.11. The maximum atomic E-state index is 14.7. The molecule has 0 bridgehead atoms. The number of aryl methyl sites for hydroxylation is 1. The summed E-state index contributed by atoms with van der Waals surface area (Å²) in [5.74, 6) is 0.514. The first kappa shape index (κ1) is 22.8. The molecule has 178 valence electrons. The number of aromatic nitrogens is 2. The Balaban J connectivity index is 1.55. The smallest absolute Gasteiger partial charge is 0.217 e. The zero-order valence-electron chi connectivity index (χ0n) is 20.2. The van der Waals surface area contributed by atoms with Gasteiger partial charge in [-0.05, 0) is 91.3 Å². The van der Waals surface area contributed by atoms with Crippen molar-refractivity contribution in [2.45, 2.75) is 58.8 Å². The van der Waals surface area contributed by atoms with Crippen LogP contribution in [-0.2, 0) is 11.2 Å². The van der Waals surface area contributed by atoms with E-state index < -0.39 is 0 Å². The quantitative estimate of drug-likeness (QED) is 0.418. The van der Waals surface area contributed by atoms with Gasteiger partial charge < -0.3 is 9.69 Å². The van der Waals surface area contributed by atoms with E-state index in [9.17, 15) is 9.18 Å². The predicted octanol–water partition coefficient (Wildman–Crippen LogP) is 6.69. The first-order valence-corrected chi connectivity index (χ1v) is 12.7. The van der Waals surface area contributed by atoms with Gasteiger partial charge in [0.15, 0.2) is 0 Å². The molecule has 34 heavy (non-hydrogen) atoms. The highest BCUT2D eigenvalue weighted by Gasteiger charge is 2.24. The number of piperidine rings is 1. The molecule has 5 heteroatoms. The third kappa shape index (κ3) is 4.40. The monoisotopic (exact) mass is 459 g/mol. The van der Waals surface area contributed by atoms with Crippen LogP contribution < -0.4 is 4.90 Å². The molecule has 4 nitrogen and oxygen atoms in total. The fraction of sp³-hybridized carbons (Fsp3) is 0.448. The van der Waals surface area contributed by atoms with Crippen molar-refractivity contribution in [3.63, 3.8) is 0 Å². The number of hydrogen-bond acceptors (Lipinski definition) is 3. The van der Waals surface area contributed by atoms with Gasteiger partial charge in [-0.25, -0.2) is 0 Å². The van der Waals surface area contributed by atoms with Gasteiger partial charge in [-0.2, -0.15) is 9.49 Å². The first-order valence-electron chi connectivity index (χ1n) is 12.7. The molecular weight excluding hydrogens is 425 g/mol. The molecule has 0 radical (unpaired) electrons. The van der Waals surface area contributed by atoms with Crippen molar-refractivity contribution in [1.82, 2.24) is 10.2 Å². The number of carbonyl (C=O) groups excluding carboxylic acids is 1. The standard InChI is InChI=1S/C29H34FN3O/c1-19(2)6-7-21-4-3-5-24-25(12-13-26-28(24)29(30)32-31-26)27(21)22-8-10-23(11-9-22)33-16-14-20(18-34)15-17-33/h8-13,18-20H,3-7,14-17H2,1-2H3,(H,31,32). The van der Waals surface area contributed by atoms with Gasteiger partial charge in [0.25, 0.3) is 0 Å². The number of rotatable bonds is 6. The Hall–Kier alpha value is -2.95. The first-order chi connectivity index (χ1) is 16.5. The van der Waals surface area contributed by atoms with Gasteiger partial charge in [-0.3, -0.25) is 5.10 Å². The largest absolute Gasteiger partial charge is 0.371 e. The molecule has 2 aliphatic rings. The maximum absolute atomic E-state index is 14.7. The Bertz CT molecular complexity index is 1200. The summed E-state index contributed by atoms with van der Waals surface area (Å²) >= 11 is 0. The molecule has 5 rings (SSSR count). The molecule has 2 heterocycles. The molecule has 2 aromatic carbocycles. The number of H-pyrrole nitrogens is 1. The van der Waals surface area contributed by atoms with Crippen LogP contribution in [0.3, 0.4) is 0 Å². The van der Waals surface area contributed by atoms with Crippen LogP contribution in [0, 0.1) is 17.8 Å². The van der Waals surface area contributed by atoms with E-state index in [-0.39, 0.29) is 11.9 Å². The van der Waals surface area contributed by atoms with Crippen LogP contribution in [0.1, 0.15) is 69.1 Å². The number of fused-ring (bicyclic) bond motifs is 3. The molecule has 0 amide bonds. The van der Waals surface area contributed by atoms with Crippen molar-refractivity contribution in [2.24, 2.45) is 11.8 Å².